The van der Waals surface area contributed by atoms with Gasteiger partial charge in [-0.25, -0.2) is 0 Å². The maximum absolute atomic E-state index is 9.25. The van der Waals surface area contributed by atoms with Gasteiger partial charge in [-0.15, -0.1) is 0 Å². The molecule has 0 radical (unpaired) electrons. The lowest BCUT2D eigenvalue weighted by molar-refractivity contribution is 0.152. The molecule has 0 spiro atoms. The van der Waals surface area contributed by atoms with Crippen LogP contribution in [0, 0.1) is 0 Å². The normalized spacial score (nSPS) is 20.6. The summed E-state index contributed by atoms with van der Waals surface area (Å²) in [5.74, 6) is 0.864. The molecule has 84 valence electrons. The van der Waals surface area contributed by atoms with Crippen molar-refractivity contribution in [1.82, 2.24) is 15.0 Å². The van der Waals surface area contributed by atoms with Gasteiger partial charge < -0.3 is 19.4 Å². The standard InChI is InChI=1S/C9H16N4O2/c1-7(14)8-10-9(11-15-8)13-5-3-12(2)4-6-13/h7,14H,3-6H2,1-2H3/t7-/m0/s1. The van der Waals surface area contributed by atoms with Crippen molar-refractivity contribution in [3.05, 3.63) is 5.89 Å². The van der Waals surface area contributed by atoms with E-state index in [1.165, 1.54) is 0 Å². The maximum atomic E-state index is 9.25. The molecule has 2 rings (SSSR count). The van der Waals surface area contributed by atoms with Crippen molar-refractivity contribution in [2.45, 2.75) is 13.0 Å². The summed E-state index contributed by atoms with van der Waals surface area (Å²) in [6, 6.07) is 0. The van der Waals surface area contributed by atoms with Crippen LogP contribution in [0.15, 0.2) is 4.52 Å². The Morgan fingerprint density at radius 1 is 1.33 bits per heavy atom. The van der Waals surface area contributed by atoms with Gasteiger partial charge in [-0.05, 0) is 19.1 Å². The monoisotopic (exact) mass is 212 g/mol. The van der Waals surface area contributed by atoms with Crippen LogP contribution in [0.2, 0.25) is 0 Å². The molecule has 6 nitrogen and oxygen atoms in total. The molecule has 0 aliphatic carbocycles. The fraction of sp³-hybridized carbons (Fsp3) is 0.778. The molecule has 0 saturated carbocycles. The fourth-order valence-corrected chi connectivity index (χ4v) is 1.53. The topological polar surface area (TPSA) is 65.6 Å². The van der Waals surface area contributed by atoms with E-state index in [0.29, 0.717) is 5.95 Å². The number of anilines is 1. The van der Waals surface area contributed by atoms with Gasteiger partial charge in [0.15, 0.2) is 0 Å². The van der Waals surface area contributed by atoms with Gasteiger partial charge in [0.1, 0.15) is 6.10 Å². The minimum absolute atomic E-state index is 0.281. The number of aromatic nitrogens is 2. The lowest BCUT2D eigenvalue weighted by atomic mass is 10.3. The molecule has 1 aliphatic heterocycles. The van der Waals surface area contributed by atoms with Crippen molar-refractivity contribution in [2.75, 3.05) is 38.1 Å². The third-order valence-electron chi connectivity index (χ3n) is 2.57. The Morgan fingerprint density at radius 3 is 2.53 bits per heavy atom. The van der Waals surface area contributed by atoms with Crippen LogP contribution < -0.4 is 4.90 Å². The van der Waals surface area contributed by atoms with Crippen molar-refractivity contribution in [3.63, 3.8) is 0 Å². The number of nitrogens with zero attached hydrogens (tertiary/aromatic N) is 4. The summed E-state index contributed by atoms with van der Waals surface area (Å²) in [6.07, 6.45) is -0.696. The zero-order valence-electron chi connectivity index (χ0n) is 9.05. The molecule has 6 heteroatoms. The van der Waals surface area contributed by atoms with Gasteiger partial charge in [0.05, 0.1) is 0 Å². The number of aliphatic hydroxyl groups excluding tert-OH is 1. The maximum Gasteiger partial charge on any atom is 0.266 e. The lowest BCUT2D eigenvalue weighted by Crippen LogP contribution is -2.44. The van der Waals surface area contributed by atoms with Gasteiger partial charge >= 0.3 is 0 Å². The second-order valence-corrected chi connectivity index (χ2v) is 3.90. The van der Waals surface area contributed by atoms with E-state index in [1.807, 2.05) is 0 Å². The molecule has 1 saturated heterocycles. The van der Waals surface area contributed by atoms with Gasteiger partial charge in [-0.2, -0.15) is 4.98 Å². The smallest absolute Gasteiger partial charge is 0.266 e. The molecule has 2 heterocycles. The van der Waals surface area contributed by atoms with Crippen molar-refractivity contribution in [3.8, 4) is 0 Å². The van der Waals surface area contributed by atoms with Crippen LogP contribution in [-0.2, 0) is 0 Å². The summed E-state index contributed by atoms with van der Waals surface area (Å²) in [7, 11) is 2.09. The average molecular weight is 212 g/mol. The Kier molecular flexibility index (Phi) is 2.88. The van der Waals surface area contributed by atoms with Gasteiger partial charge in [-0.3, -0.25) is 0 Å². The second-order valence-electron chi connectivity index (χ2n) is 3.90. The van der Waals surface area contributed by atoms with Crippen LogP contribution in [0.5, 0.6) is 0 Å². The summed E-state index contributed by atoms with van der Waals surface area (Å²) in [5, 5.41) is 13.1. The highest BCUT2D eigenvalue weighted by Crippen LogP contribution is 2.15. The SMILES string of the molecule is C[C@H](O)c1nc(N2CCN(C)CC2)no1. The number of hydrogen-bond acceptors (Lipinski definition) is 6. The summed E-state index contributed by atoms with van der Waals surface area (Å²) in [4.78, 5) is 8.46. The van der Waals surface area contributed by atoms with Crippen LogP contribution >= 0.6 is 0 Å². The van der Waals surface area contributed by atoms with E-state index in [4.69, 9.17) is 4.52 Å². The van der Waals surface area contributed by atoms with Gasteiger partial charge in [-0.1, -0.05) is 0 Å². The van der Waals surface area contributed by atoms with Crippen molar-refractivity contribution in [1.29, 1.82) is 0 Å². The van der Waals surface area contributed by atoms with Crippen LogP contribution in [-0.4, -0.2) is 53.4 Å². The van der Waals surface area contributed by atoms with Gasteiger partial charge in [0, 0.05) is 26.2 Å². The number of aliphatic hydroxyl groups is 1. The zero-order chi connectivity index (χ0) is 10.8. The fourth-order valence-electron chi connectivity index (χ4n) is 1.53. The highest BCUT2D eigenvalue weighted by Gasteiger charge is 2.20. The molecular weight excluding hydrogens is 196 g/mol. The Bertz CT molecular complexity index is 318. The first-order valence-electron chi connectivity index (χ1n) is 5.12. The lowest BCUT2D eigenvalue weighted by Gasteiger charge is -2.31. The first kappa shape index (κ1) is 10.4. The van der Waals surface area contributed by atoms with Crippen molar-refractivity contribution in [2.24, 2.45) is 0 Å². The van der Waals surface area contributed by atoms with E-state index in [2.05, 4.69) is 27.0 Å². The summed E-state index contributed by atoms with van der Waals surface area (Å²) < 4.78 is 4.94. The van der Waals surface area contributed by atoms with E-state index in [1.54, 1.807) is 6.92 Å². The summed E-state index contributed by atoms with van der Waals surface area (Å²) in [6.45, 7) is 5.41. The van der Waals surface area contributed by atoms with E-state index in [9.17, 15) is 5.11 Å². The zero-order valence-corrected chi connectivity index (χ0v) is 9.05. The number of hydrogen-bond donors (Lipinski definition) is 1. The molecule has 1 aromatic heterocycles. The molecule has 1 aromatic rings. The van der Waals surface area contributed by atoms with Crippen molar-refractivity contribution >= 4 is 5.95 Å². The largest absolute Gasteiger partial charge is 0.384 e. The first-order valence-corrected chi connectivity index (χ1v) is 5.12. The molecule has 1 atom stereocenters. The highest BCUT2D eigenvalue weighted by molar-refractivity contribution is 5.28. The van der Waals surface area contributed by atoms with Crippen LogP contribution in [0.4, 0.5) is 5.95 Å². The Labute approximate surface area is 88.5 Å². The minimum Gasteiger partial charge on any atom is -0.384 e. The third kappa shape index (κ3) is 2.27. The third-order valence-corrected chi connectivity index (χ3v) is 2.57. The van der Waals surface area contributed by atoms with E-state index >= 15 is 0 Å². The molecule has 1 fully saturated rings. The molecule has 0 aromatic carbocycles. The molecule has 0 bridgehead atoms. The number of likely N-dealkylation sites (N-methyl/N-ethyl adjacent to an activating group) is 1. The Balaban J connectivity index is 2.03. The summed E-state index contributed by atoms with van der Waals surface area (Å²) >= 11 is 0. The minimum atomic E-state index is -0.696. The molecular formula is C9H16N4O2. The molecule has 0 amide bonds. The van der Waals surface area contributed by atoms with Crippen LogP contribution in [0.25, 0.3) is 0 Å². The molecule has 0 unspecified atom stereocenters. The molecule has 15 heavy (non-hydrogen) atoms. The predicted molar refractivity (Wildman–Crippen MR) is 54.6 cm³/mol. The molecule has 1 aliphatic rings. The quantitative estimate of drug-likeness (QED) is 0.737. The Morgan fingerprint density at radius 2 is 2.00 bits per heavy atom. The summed E-state index contributed by atoms with van der Waals surface area (Å²) in [5.41, 5.74) is 0. The average Bonchev–Trinajstić information content (AvgIpc) is 2.68. The number of rotatable bonds is 2. The van der Waals surface area contributed by atoms with Gasteiger partial charge in [0.25, 0.3) is 11.8 Å². The Hall–Kier alpha value is -1.14. The highest BCUT2D eigenvalue weighted by atomic mass is 16.5. The van der Waals surface area contributed by atoms with E-state index in [-0.39, 0.29) is 5.89 Å². The van der Waals surface area contributed by atoms with E-state index in [0.717, 1.165) is 26.2 Å². The van der Waals surface area contributed by atoms with Crippen LogP contribution in [0.1, 0.15) is 18.9 Å². The number of piperazine rings is 1. The van der Waals surface area contributed by atoms with Crippen molar-refractivity contribution < 1.29 is 9.63 Å². The molecule has 1 N–H and O–H groups in total. The predicted octanol–water partition coefficient (Wildman–Crippen LogP) is -0.125. The van der Waals surface area contributed by atoms with Crippen LogP contribution in [0.3, 0.4) is 0 Å². The van der Waals surface area contributed by atoms with Gasteiger partial charge in [0.2, 0.25) is 0 Å². The van der Waals surface area contributed by atoms with E-state index < -0.39 is 6.10 Å². The first-order chi connectivity index (χ1) is 7.16. The second kappa shape index (κ2) is 4.16.